The van der Waals surface area contributed by atoms with Crippen LogP contribution in [-0.2, 0) is 30.3 Å². The highest BCUT2D eigenvalue weighted by atomic mass is 16.5. The van der Waals surface area contributed by atoms with Crippen LogP contribution in [0.3, 0.4) is 0 Å². The number of rotatable bonds is 9. The maximum absolute atomic E-state index is 13.3. The predicted molar refractivity (Wildman–Crippen MR) is 145 cm³/mol. The molecule has 0 radical (unpaired) electrons. The molecule has 11 heteroatoms. The summed E-state index contributed by atoms with van der Waals surface area (Å²) >= 11 is 0. The number of piperidine rings is 2. The molecule has 3 aliphatic rings. The number of benzene rings is 2. The third-order valence-corrected chi connectivity index (χ3v) is 7.68. The average Bonchev–Trinajstić information content (AvgIpc) is 3.23. The second kappa shape index (κ2) is 12.4. The minimum Gasteiger partial charge on any atom is -0.442 e. The van der Waals surface area contributed by atoms with Crippen molar-refractivity contribution in [2.24, 2.45) is 0 Å². The lowest BCUT2D eigenvalue weighted by atomic mass is 10.0. The van der Waals surface area contributed by atoms with Gasteiger partial charge in [0.25, 0.3) is 17.7 Å². The molecule has 2 saturated heterocycles. The maximum atomic E-state index is 13.3. The van der Waals surface area contributed by atoms with Crippen molar-refractivity contribution in [2.45, 2.75) is 50.6 Å². The number of hydrogen-bond donors (Lipinski definition) is 1. The summed E-state index contributed by atoms with van der Waals surface area (Å²) in [7, 11) is 0. The van der Waals surface area contributed by atoms with E-state index in [1.165, 1.54) is 12.1 Å². The Kier molecular flexibility index (Phi) is 8.53. The van der Waals surface area contributed by atoms with Crippen molar-refractivity contribution in [3.63, 3.8) is 0 Å². The Morgan fingerprint density at radius 1 is 0.878 bits per heavy atom. The maximum Gasteiger partial charge on any atom is 0.330 e. The van der Waals surface area contributed by atoms with Gasteiger partial charge in [0.2, 0.25) is 11.8 Å². The predicted octanol–water partition coefficient (Wildman–Crippen LogP) is 1.51. The number of fused-ring (bicyclic) bond motifs is 1. The van der Waals surface area contributed by atoms with Gasteiger partial charge in [0.1, 0.15) is 12.1 Å². The number of carbonyl (C=O) groups is 6. The van der Waals surface area contributed by atoms with Gasteiger partial charge in [0, 0.05) is 12.8 Å². The van der Waals surface area contributed by atoms with E-state index in [0.717, 1.165) is 47.7 Å². The second-order valence-electron chi connectivity index (χ2n) is 10.5. The SMILES string of the molecule is O=C(CN1CCCCC1)NC(Cc1ccccc1)C(=O)OCN1C(=O)CCC(N2C(=O)c3ccccc3C2=O)C1=O. The Hall–Kier alpha value is -4.38. The van der Waals surface area contributed by atoms with Gasteiger partial charge in [-0.25, -0.2) is 9.69 Å². The number of nitrogens with zero attached hydrogens (tertiary/aromatic N) is 3. The van der Waals surface area contributed by atoms with E-state index < -0.39 is 48.4 Å². The van der Waals surface area contributed by atoms with Crippen molar-refractivity contribution in [3.05, 3.63) is 71.3 Å². The van der Waals surface area contributed by atoms with Gasteiger partial charge in [-0.3, -0.25) is 33.8 Å². The van der Waals surface area contributed by atoms with Crippen molar-refractivity contribution in [2.75, 3.05) is 26.4 Å². The highest BCUT2D eigenvalue weighted by Gasteiger charge is 2.47. The lowest BCUT2D eigenvalue weighted by Crippen LogP contribution is -2.57. The van der Waals surface area contributed by atoms with Gasteiger partial charge < -0.3 is 10.1 Å². The summed E-state index contributed by atoms with van der Waals surface area (Å²) in [6.45, 7) is 1.09. The van der Waals surface area contributed by atoms with E-state index in [0.29, 0.717) is 0 Å². The first kappa shape index (κ1) is 28.2. The Morgan fingerprint density at radius 2 is 1.51 bits per heavy atom. The zero-order chi connectivity index (χ0) is 28.9. The number of ether oxygens (including phenoxy) is 1. The van der Waals surface area contributed by atoms with Crippen molar-refractivity contribution in [3.8, 4) is 0 Å². The summed E-state index contributed by atoms with van der Waals surface area (Å²) in [5.41, 5.74) is 1.19. The van der Waals surface area contributed by atoms with Gasteiger partial charge >= 0.3 is 5.97 Å². The van der Waals surface area contributed by atoms with Crippen molar-refractivity contribution >= 4 is 35.5 Å². The van der Waals surface area contributed by atoms with Gasteiger partial charge in [-0.15, -0.1) is 0 Å². The summed E-state index contributed by atoms with van der Waals surface area (Å²) in [5, 5.41) is 2.76. The molecule has 11 nitrogen and oxygen atoms in total. The molecule has 2 fully saturated rings. The molecule has 0 spiro atoms. The molecule has 2 aromatic rings. The molecule has 0 aromatic heterocycles. The van der Waals surface area contributed by atoms with Crippen LogP contribution in [0.15, 0.2) is 54.6 Å². The van der Waals surface area contributed by atoms with Crippen molar-refractivity contribution in [1.82, 2.24) is 20.0 Å². The van der Waals surface area contributed by atoms with Crippen LogP contribution < -0.4 is 5.32 Å². The molecule has 41 heavy (non-hydrogen) atoms. The minimum atomic E-state index is -1.19. The number of esters is 1. The second-order valence-corrected chi connectivity index (χ2v) is 10.5. The Bertz CT molecular complexity index is 1320. The number of amides is 5. The third kappa shape index (κ3) is 6.19. The highest BCUT2D eigenvalue weighted by molar-refractivity contribution is 6.23. The first-order valence-corrected chi connectivity index (χ1v) is 13.9. The van der Waals surface area contributed by atoms with Crippen LogP contribution in [0.1, 0.15) is 58.4 Å². The van der Waals surface area contributed by atoms with E-state index in [2.05, 4.69) is 5.32 Å². The summed E-state index contributed by atoms with van der Waals surface area (Å²) in [5.74, 6) is -3.70. The van der Waals surface area contributed by atoms with Crippen LogP contribution in [0.2, 0.25) is 0 Å². The van der Waals surface area contributed by atoms with E-state index in [4.69, 9.17) is 4.74 Å². The van der Waals surface area contributed by atoms with E-state index in [-0.39, 0.29) is 42.8 Å². The van der Waals surface area contributed by atoms with Gasteiger partial charge in [-0.2, -0.15) is 0 Å². The van der Waals surface area contributed by atoms with Gasteiger partial charge in [-0.05, 0) is 50.0 Å². The van der Waals surface area contributed by atoms with Crippen molar-refractivity contribution < 1.29 is 33.5 Å². The van der Waals surface area contributed by atoms with Crippen LogP contribution in [0.25, 0.3) is 0 Å². The number of imide groups is 2. The molecule has 0 aliphatic carbocycles. The van der Waals surface area contributed by atoms with E-state index in [1.54, 1.807) is 12.1 Å². The van der Waals surface area contributed by atoms with E-state index in [1.807, 2.05) is 35.2 Å². The largest absolute Gasteiger partial charge is 0.442 e. The zero-order valence-electron chi connectivity index (χ0n) is 22.6. The molecular formula is C30H32N4O7. The van der Waals surface area contributed by atoms with Gasteiger partial charge in [0.15, 0.2) is 6.73 Å². The molecule has 3 aliphatic heterocycles. The molecular weight excluding hydrogens is 528 g/mol. The Labute approximate surface area is 237 Å². The van der Waals surface area contributed by atoms with Crippen LogP contribution in [0.5, 0.6) is 0 Å². The molecule has 214 valence electrons. The van der Waals surface area contributed by atoms with Crippen LogP contribution >= 0.6 is 0 Å². The fourth-order valence-electron chi connectivity index (χ4n) is 5.52. The Balaban J connectivity index is 1.25. The lowest BCUT2D eigenvalue weighted by Gasteiger charge is -2.34. The number of carbonyl (C=O) groups excluding carboxylic acids is 6. The van der Waals surface area contributed by atoms with E-state index in [9.17, 15) is 28.8 Å². The van der Waals surface area contributed by atoms with Crippen LogP contribution in [0.4, 0.5) is 0 Å². The Morgan fingerprint density at radius 3 is 2.17 bits per heavy atom. The summed E-state index contributed by atoms with van der Waals surface area (Å²) < 4.78 is 5.40. The number of nitrogens with one attached hydrogen (secondary N) is 1. The minimum absolute atomic E-state index is 0.0171. The highest BCUT2D eigenvalue weighted by Crippen LogP contribution is 2.29. The van der Waals surface area contributed by atoms with Gasteiger partial charge in [0.05, 0.1) is 17.7 Å². The van der Waals surface area contributed by atoms with Crippen molar-refractivity contribution in [1.29, 1.82) is 0 Å². The van der Waals surface area contributed by atoms with E-state index >= 15 is 0 Å². The average molecular weight is 561 g/mol. The smallest absolute Gasteiger partial charge is 0.330 e. The molecule has 2 unspecified atom stereocenters. The molecule has 2 atom stereocenters. The topological polar surface area (TPSA) is 133 Å². The summed E-state index contributed by atoms with van der Waals surface area (Å²) in [4.78, 5) is 81.6. The molecule has 5 rings (SSSR count). The molecule has 3 heterocycles. The molecule has 1 N–H and O–H groups in total. The fraction of sp³-hybridized carbons (Fsp3) is 0.400. The third-order valence-electron chi connectivity index (χ3n) is 7.68. The number of hydrogen-bond acceptors (Lipinski definition) is 8. The summed E-state index contributed by atoms with van der Waals surface area (Å²) in [6.07, 6.45) is 3.19. The lowest BCUT2D eigenvalue weighted by molar-refractivity contribution is -0.165. The first-order chi connectivity index (χ1) is 19.8. The van der Waals surface area contributed by atoms with Gasteiger partial charge in [-0.1, -0.05) is 48.9 Å². The fourth-order valence-corrected chi connectivity index (χ4v) is 5.52. The zero-order valence-corrected chi connectivity index (χ0v) is 22.6. The molecule has 0 bridgehead atoms. The molecule has 0 saturated carbocycles. The molecule has 5 amide bonds. The van der Waals surface area contributed by atoms with Crippen LogP contribution in [0, 0.1) is 0 Å². The summed E-state index contributed by atoms with van der Waals surface area (Å²) in [6, 6.07) is 13.2. The molecule has 2 aromatic carbocycles. The number of likely N-dealkylation sites (tertiary alicyclic amines) is 2. The monoisotopic (exact) mass is 560 g/mol. The normalized spacial score (nSPS) is 20.1. The quantitative estimate of drug-likeness (QED) is 0.361. The first-order valence-electron chi connectivity index (χ1n) is 13.9. The van der Waals surface area contributed by atoms with Crippen LogP contribution in [-0.4, -0.2) is 88.7 Å². The standard InChI is InChI=1S/C30H32N4O7/c35-25(18-32-15-7-2-8-16-32)31-23(17-20-9-3-1-4-10-20)30(40)41-19-33-26(36)14-13-24(29(33)39)34-27(37)21-11-5-6-12-22(21)28(34)38/h1,3-6,9-12,23-24H,2,7-8,13-19H2,(H,31,35).